The molecule has 1 aromatic carbocycles. The molecule has 0 heterocycles. The minimum atomic E-state index is -0.118. The van der Waals surface area contributed by atoms with Crippen LogP contribution in [0.15, 0.2) is 18.2 Å². The Balaban J connectivity index is 2.11. The van der Waals surface area contributed by atoms with Crippen molar-refractivity contribution in [3.05, 3.63) is 29.6 Å². The average molecular weight is 193 g/mol. The molecule has 1 aliphatic rings. The van der Waals surface area contributed by atoms with Crippen molar-refractivity contribution in [2.24, 2.45) is 0 Å². The van der Waals surface area contributed by atoms with Crippen LogP contribution in [0.3, 0.4) is 0 Å². The van der Waals surface area contributed by atoms with Crippen LogP contribution >= 0.6 is 0 Å². The first-order valence-corrected chi connectivity index (χ1v) is 5.29. The number of halogens is 1. The zero-order chi connectivity index (χ0) is 9.97. The van der Waals surface area contributed by atoms with Crippen LogP contribution < -0.4 is 5.32 Å². The third kappa shape index (κ3) is 1.89. The van der Waals surface area contributed by atoms with Crippen LogP contribution in [0, 0.1) is 12.7 Å². The molecule has 1 aromatic rings. The van der Waals surface area contributed by atoms with Crippen LogP contribution in [0.1, 0.15) is 31.2 Å². The molecule has 2 heteroatoms. The second kappa shape index (κ2) is 3.99. The predicted octanol–water partition coefficient (Wildman–Crippen LogP) is 3.49. The van der Waals surface area contributed by atoms with Gasteiger partial charge in [0, 0.05) is 17.3 Å². The topological polar surface area (TPSA) is 12.0 Å². The molecule has 2 rings (SSSR count). The highest BCUT2D eigenvalue weighted by atomic mass is 19.1. The summed E-state index contributed by atoms with van der Waals surface area (Å²) < 4.78 is 13.2. The summed E-state index contributed by atoms with van der Waals surface area (Å²) in [6, 6.07) is 5.78. The van der Waals surface area contributed by atoms with E-state index in [9.17, 15) is 4.39 Å². The fraction of sp³-hybridized carbons (Fsp3) is 0.500. The quantitative estimate of drug-likeness (QED) is 0.758. The number of benzene rings is 1. The van der Waals surface area contributed by atoms with Gasteiger partial charge in [0.1, 0.15) is 5.82 Å². The first kappa shape index (κ1) is 9.50. The van der Waals surface area contributed by atoms with Crippen molar-refractivity contribution in [2.45, 2.75) is 38.6 Å². The molecule has 0 aromatic heterocycles. The van der Waals surface area contributed by atoms with Gasteiger partial charge < -0.3 is 5.32 Å². The summed E-state index contributed by atoms with van der Waals surface area (Å²) in [5.41, 5.74) is 1.69. The Labute approximate surface area is 84.3 Å². The van der Waals surface area contributed by atoms with Gasteiger partial charge in [-0.1, -0.05) is 18.9 Å². The van der Waals surface area contributed by atoms with E-state index in [4.69, 9.17) is 0 Å². The molecule has 1 nitrogen and oxygen atoms in total. The Morgan fingerprint density at radius 1 is 1.29 bits per heavy atom. The number of anilines is 1. The van der Waals surface area contributed by atoms with Gasteiger partial charge in [-0.05, 0) is 31.9 Å². The fourth-order valence-electron chi connectivity index (χ4n) is 2.05. The van der Waals surface area contributed by atoms with E-state index < -0.39 is 0 Å². The lowest BCUT2D eigenvalue weighted by atomic mass is 10.1. The summed E-state index contributed by atoms with van der Waals surface area (Å²) in [7, 11) is 0. The van der Waals surface area contributed by atoms with Crippen molar-refractivity contribution in [1.82, 2.24) is 0 Å². The second-order valence-corrected chi connectivity index (χ2v) is 4.04. The van der Waals surface area contributed by atoms with E-state index in [1.165, 1.54) is 31.7 Å². The van der Waals surface area contributed by atoms with Crippen LogP contribution in [0.2, 0.25) is 0 Å². The molecule has 0 saturated heterocycles. The monoisotopic (exact) mass is 193 g/mol. The molecule has 1 N–H and O–H groups in total. The summed E-state index contributed by atoms with van der Waals surface area (Å²) in [6.07, 6.45) is 5.03. The SMILES string of the molecule is Cc1c(F)cccc1NC1CCCC1. The Morgan fingerprint density at radius 3 is 2.71 bits per heavy atom. The minimum absolute atomic E-state index is 0.118. The molecule has 14 heavy (non-hydrogen) atoms. The molecule has 0 bridgehead atoms. The van der Waals surface area contributed by atoms with E-state index in [1.807, 2.05) is 13.0 Å². The van der Waals surface area contributed by atoms with Crippen LogP contribution in [0.4, 0.5) is 10.1 Å². The Kier molecular flexibility index (Phi) is 2.71. The smallest absolute Gasteiger partial charge is 0.128 e. The normalized spacial score (nSPS) is 17.3. The highest BCUT2D eigenvalue weighted by molar-refractivity contribution is 5.51. The summed E-state index contributed by atoms with van der Waals surface area (Å²) in [5, 5.41) is 3.41. The zero-order valence-corrected chi connectivity index (χ0v) is 8.52. The van der Waals surface area contributed by atoms with Crippen molar-refractivity contribution in [1.29, 1.82) is 0 Å². The third-order valence-corrected chi connectivity index (χ3v) is 2.98. The van der Waals surface area contributed by atoms with Gasteiger partial charge in [0.05, 0.1) is 0 Å². The van der Waals surface area contributed by atoms with Gasteiger partial charge in [-0.2, -0.15) is 0 Å². The van der Waals surface area contributed by atoms with Gasteiger partial charge in [0.15, 0.2) is 0 Å². The van der Waals surface area contributed by atoms with Crippen LogP contribution in [0.25, 0.3) is 0 Å². The van der Waals surface area contributed by atoms with Crippen molar-refractivity contribution in [3.8, 4) is 0 Å². The van der Waals surface area contributed by atoms with Gasteiger partial charge in [0.2, 0.25) is 0 Å². The molecule has 0 spiro atoms. The van der Waals surface area contributed by atoms with Gasteiger partial charge in [0.25, 0.3) is 0 Å². The zero-order valence-electron chi connectivity index (χ0n) is 8.52. The van der Waals surface area contributed by atoms with Crippen LogP contribution in [-0.2, 0) is 0 Å². The second-order valence-electron chi connectivity index (χ2n) is 4.04. The third-order valence-electron chi connectivity index (χ3n) is 2.98. The van der Waals surface area contributed by atoms with E-state index in [0.29, 0.717) is 6.04 Å². The molecular weight excluding hydrogens is 177 g/mol. The lowest BCUT2D eigenvalue weighted by molar-refractivity contribution is 0.618. The van der Waals surface area contributed by atoms with Crippen LogP contribution in [-0.4, -0.2) is 6.04 Å². The lowest BCUT2D eigenvalue weighted by Gasteiger charge is -2.15. The largest absolute Gasteiger partial charge is 0.382 e. The van der Waals surface area contributed by atoms with E-state index in [1.54, 1.807) is 6.07 Å². The van der Waals surface area contributed by atoms with E-state index in [-0.39, 0.29) is 5.82 Å². The number of hydrogen-bond acceptors (Lipinski definition) is 1. The molecule has 0 unspecified atom stereocenters. The van der Waals surface area contributed by atoms with Crippen LogP contribution in [0.5, 0.6) is 0 Å². The van der Waals surface area contributed by atoms with Crippen molar-refractivity contribution >= 4 is 5.69 Å². The highest BCUT2D eigenvalue weighted by Crippen LogP contribution is 2.24. The Morgan fingerprint density at radius 2 is 2.00 bits per heavy atom. The summed E-state index contributed by atoms with van der Waals surface area (Å²) >= 11 is 0. The molecule has 0 radical (unpaired) electrons. The maximum atomic E-state index is 13.2. The Bertz CT molecular complexity index is 316. The average Bonchev–Trinajstić information content (AvgIpc) is 2.66. The van der Waals surface area contributed by atoms with Gasteiger partial charge >= 0.3 is 0 Å². The van der Waals surface area contributed by atoms with Gasteiger partial charge in [-0.15, -0.1) is 0 Å². The first-order valence-electron chi connectivity index (χ1n) is 5.29. The summed E-state index contributed by atoms with van der Waals surface area (Å²) in [5.74, 6) is -0.118. The standard InChI is InChI=1S/C12H16FN/c1-9-11(13)7-4-8-12(9)14-10-5-2-3-6-10/h4,7-8,10,14H,2-3,5-6H2,1H3. The summed E-state index contributed by atoms with van der Waals surface area (Å²) in [6.45, 7) is 1.83. The highest BCUT2D eigenvalue weighted by Gasteiger charge is 2.15. The lowest BCUT2D eigenvalue weighted by Crippen LogP contribution is -2.15. The maximum absolute atomic E-state index is 13.2. The van der Waals surface area contributed by atoms with Crippen molar-refractivity contribution < 1.29 is 4.39 Å². The fourth-order valence-corrected chi connectivity index (χ4v) is 2.05. The van der Waals surface area contributed by atoms with E-state index >= 15 is 0 Å². The molecule has 0 aliphatic heterocycles. The van der Waals surface area contributed by atoms with E-state index in [2.05, 4.69) is 5.32 Å². The molecule has 1 saturated carbocycles. The molecule has 1 fully saturated rings. The maximum Gasteiger partial charge on any atom is 0.128 e. The molecular formula is C12H16FN. The first-order chi connectivity index (χ1) is 6.77. The van der Waals surface area contributed by atoms with Gasteiger partial charge in [-0.25, -0.2) is 4.39 Å². The van der Waals surface area contributed by atoms with Crippen molar-refractivity contribution in [2.75, 3.05) is 5.32 Å². The number of nitrogens with one attached hydrogen (secondary N) is 1. The number of rotatable bonds is 2. The Hall–Kier alpha value is -1.05. The number of hydrogen-bond donors (Lipinski definition) is 1. The molecule has 1 aliphatic carbocycles. The van der Waals surface area contributed by atoms with Gasteiger partial charge in [-0.3, -0.25) is 0 Å². The molecule has 0 atom stereocenters. The predicted molar refractivity (Wildman–Crippen MR) is 57.0 cm³/mol. The molecule has 76 valence electrons. The van der Waals surface area contributed by atoms with Crippen molar-refractivity contribution in [3.63, 3.8) is 0 Å². The van der Waals surface area contributed by atoms with E-state index in [0.717, 1.165) is 11.3 Å². The minimum Gasteiger partial charge on any atom is -0.382 e. The molecule has 0 amide bonds. The summed E-state index contributed by atoms with van der Waals surface area (Å²) in [4.78, 5) is 0.